The molecular weight excluding hydrogens is 404 g/mol. The van der Waals surface area contributed by atoms with E-state index in [-0.39, 0.29) is 10.8 Å². The average molecular weight is 447 g/mol. The van der Waals surface area contributed by atoms with E-state index in [1.54, 1.807) is 11.1 Å². The molecule has 174 valence electrons. The number of thioether (sulfide) groups is 1. The van der Waals surface area contributed by atoms with E-state index in [0.29, 0.717) is 29.9 Å². The van der Waals surface area contributed by atoms with Gasteiger partial charge in [-0.2, -0.15) is 11.8 Å². The normalized spacial score (nSPS) is 40.8. The van der Waals surface area contributed by atoms with Crippen molar-refractivity contribution in [2.75, 3.05) is 5.75 Å². The summed E-state index contributed by atoms with van der Waals surface area (Å²) in [5.41, 5.74) is 3.83. The van der Waals surface area contributed by atoms with E-state index in [4.69, 9.17) is 0 Å². The second kappa shape index (κ2) is 8.34. The molecule has 2 saturated carbocycles. The molecule has 0 aromatic heterocycles. The van der Waals surface area contributed by atoms with Gasteiger partial charge < -0.3 is 15.3 Å². The van der Waals surface area contributed by atoms with Crippen LogP contribution >= 0.6 is 11.8 Å². The third-order valence-electron chi connectivity index (χ3n) is 9.03. The van der Waals surface area contributed by atoms with Gasteiger partial charge in [-0.3, -0.25) is 0 Å². The Hall–Kier alpha value is -0.550. The van der Waals surface area contributed by atoms with Gasteiger partial charge in [-0.25, -0.2) is 0 Å². The van der Waals surface area contributed by atoms with Crippen molar-refractivity contribution in [1.29, 1.82) is 0 Å². The molecule has 0 bridgehead atoms. The van der Waals surface area contributed by atoms with Crippen LogP contribution in [0.15, 0.2) is 34.9 Å². The molecular formula is C27H42O3S. The van der Waals surface area contributed by atoms with Gasteiger partial charge in [0.15, 0.2) is 0 Å². The molecule has 0 saturated heterocycles. The summed E-state index contributed by atoms with van der Waals surface area (Å²) in [6, 6.07) is 0. The minimum Gasteiger partial charge on any atom is -0.393 e. The zero-order valence-electron chi connectivity index (χ0n) is 20.0. The maximum atomic E-state index is 11.0. The Balaban J connectivity index is 1.49. The molecule has 0 amide bonds. The van der Waals surface area contributed by atoms with Crippen LogP contribution in [0.5, 0.6) is 0 Å². The van der Waals surface area contributed by atoms with Crippen LogP contribution in [0.2, 0.25) is 0 Å². The highest BCUT2D eigenvalue weighted by Gasteiger charge is 2.57. The Bertz CT molecular complexity index is 791. The van der Waals surface area contributed by atoms with E-state index in [0.717, 1.165) is 31.4 Å². The second-order valence-electron chi connectivity index (χ2n) is 11.6. The van der Waals surface area contributed by atoms with Crippen molar-refractivity contribution in [1.82, 2.24) is 0 Å². The van der Waals surface area contributed by atoms with E-state index < -0.39 is 17.8 Å². The minimum absolute atomic E-state index is 0.214. The van der Waals surface area contributed by atoms with Crippen molar-refractivity contribution >= 4 is 11.8 Å². The van der Waals surface area contributed by atoms with Crippen molar-refractivity contribution < 1.29 is 15.3 Å². The molecule has 4 heteroatoms. The van der Waals surface area contributed by atoms with Gasteiger partial charge in [0.1, 0.15) is 0 Å². The molecule has 0 heterocycles. The highest BCUT2D eigenvalue weighted by molar-refractivity contribution is 8.00. The molecule has 0 aliphatic heterocycles. The Morgan fingerprint density at radius 3 is 2.65 bits per heavy atom. The molecule has 0 aromatic carbocycles. The largest absolute Gasteiger partial charge is 0.393 e. The zero-order chi connectivity index (χ0) is 22.6. The van der Waals surface area contributed by atoms with Gasteiger partial charge in [0, 0.05) is 17.1 Å². The van der Waals surface area contributed by atoms with Gasteiger partial charge in [-0.05, 0) is 82.3 Å². The van der Waals surface area contributed by atoms with Crippen molar-refractivity contribution in [3.8, 4) is 0 Å². The van der Waals surface area contributed by atoms with Crippen molar-refractivity contribution in [3.05, 3.63) is 34.9 Å². The summed E-state index contributed by atoms with van der Waals surface area (Å²) >= 11 is 2.04. The maximum absolute atomic E-state index is 11.0. The maximum Gasteiger partial charge on any atom is 0.0661 e. The molecule has 2 fully saturated rings. The molecule has 31 heavy (non-hydrogen) atoms. The number of allylic oxidation sites excluding steroid dienone is 4. The summed E-state index contributed by atoms with van der Waals surface area (Å²) in [7, 11) is 0. The van der Waals surface area contributed by atoms with Crippen LogP contribution in [0.4, 0.5) is 0 Å². The first-order valence-electron chi connectivity index (χ1n) is 12.3. The molecule has 4 aliphatic rings. The van der Waals surface area contributed by atoms with Crippen LogP contribution in [0.25, 0.3) is 0 Å². The van der Waals surface area contributed by atoms with E-state index in [1.165, 1.54) is 12.0 Å². The summed E-state index contributed by atoms with van der Waals surface area (Å²) in [5, 5.41) is 31.7. The Labute approximate surface area is 193 Å². The SMILES string of the molecule is CC(SCCCC(C)(C)O)C1=CC[C@H]2C3=CC=C4C[C@@H](O)C[C@H](O)[C@]4(C)[C@H]3CC[C@]12C. The summed E-state index contributed by atoms with van der Waals surface area (Å²) in [5.74, 6) is 2.03. The van der Waals surface area contributed by atoms with Crippen molar-refractivity contribution in [3.63, 3.8) is 0 Å². The highest BCUT2D eigenvalue weighted by atomic mass is 32.2. The quantitative estimate of drug-likeness (QED) is 0.377. The lowest BCUT2D eigenvalue weighted by molar-refractivity contribution is -0.0489. The second-order valence-corrected chi connectivity index (χ2v) is 13.1. The number of aliphatic hydroxyl groups excluding tert-OH is 2. The van der Waals surface area contributed by atoms with Gasteiger partial charge in [0.05, 0.1) is 17.8 Å². The lowest BCUT2D eigenvalue weighted by Gasteiger charge is -2.56. The van der Waals surface area contributed by atoms with Crippen LogP contribution in [0.3, 0.4) is 0 Å². The first-order valence-corrected chi connectivity index (χ1v) is 13.3. The predicted molar refractivity (Wildman–Crippen MR) is 130 cm³/mol. The third kappa shape index (κ3) is 4.11. The minimum atomic E-state index is -0.568. The van der Waals surface area contributed by atoms with Gasteiger partial charge >= 0.3 is 0 Å². The standard InChI is InChI=1S/C27H42O3S/c1-17(31-14-6-12-25(2,3)30)21-9-10-22-20-8-7-18-15-19(28)16-24(29)27(18,5)23(20)11-13-26(21,22)4/h7-9,17,19,22-24,28-30H,6,10-16H2,1-5H3/t17?,19-,22+,23+,24+,26-,27+/m1/s1. The van der Waals surface area contributed by atoms with Gasteiger partial charge in [-0.15, -0.1) is 0 Å². The number of hydrogen-bond acceptors (Lipinski definition) is 4. The molecule has 1 unspecified atom stereocenters. The zero-order valence-corrected chi connectivity index (χ0v) is 20.8. The van der Waals surface area contributed by atoms with E-state index in [2.05, 4.69) is 39.0 Å². The van der Waals surface area contributed by atoms with Crippen molar-refractivity contribution in [2.24, 2.45) is 22.7 Å². The predicted octanol–water partition coefficient (Wildman–Crippen LogP) is 5.41. The number of hydrogen-bond donors (Lipinski definition) is 3. The number of aliphatic hydroxyl groups is 3. The number of fused-ring (bicyclic) bond motifs is 5. The lowest BCUT2D eigenvalue weighted by Crippen LogP contribution is -2.52. The fourth-order valence-corrected chi connectivity index (χ4v) is 8.36. The third-order valence-corrected chi connectivity index (χ3v) is 10.3. The Kier molecular flexibility index (Phi) is 6.35. The molecule has 4 rings (SSSR count). The first-order chi connectivity index (χ1) is 14.5. The highest BCUT2D eigenvalue weighted by Crippen LogP contribution is 2.64. The van der Waals surface area contributed by atoms with Gasteiger partial charge in [-0.1, -0.05) is 48.8 Å². The van der Waals surface area contributed by atoms with Gasteiger partial charge in [0.2, 0.25) is 0 Å². The smallest absolute Gasteiger partial charge is 0.0661 e. The molecule has 3 N–H and O–H groups in total. The summed E-state index contributed by atoms with van der Waals surface area (Å²) in [4.78, 5) is 0. The van der Waals surface area contributed by atoms with E-state index in [9.17, 15) is 15.3 Å². The monoisotopic (exact) mass is 446 g/mol. The fourth-order valence-electron chi connectivity index (χ4n) is 7.15. The van der Waals surface area contributed by atoms with Gasteiger partial charge in [0.25, 0.3) is 0 Å². The topological polar surface area (TPSA) is 60.7 Å². The molecule has 7 atom stereocenters. The molecule has 0 spiro atoms. The Morgan fingerprint density at radius 1 is 1.19 bits per heavy atom. The fraction of sp³-hybridized carbons (Fsp3) is 0.778. The summed E-state index contributed by atoms with van der Waals surface area (Å²) < 4.78 is 0. The lowest BCUT2D eigenvalue weighted by atomic mass is 9.50. The Morgan fingerprint density at radius 2 is 1.94 bits per heavy atom. The average Bonchev–Trinajstić information content (AvgIpc) is 3.03. The van der Waals surface area contributed by atoms with E-state index >= 15 is 0 Å². The van der Waals surface area contributed by atoms with Crippen molar-refractivity contribution in [2.45, 2.75) is 103 Å². The molecule has 0 aromatic rings. The van der Waals surface area contributed by atoms with Crippen LogP contribution in [0.1, 0.15) is 79.6 Å². The van der Waals surface area contributed by atoms with Crippen LogP contribution in [0, 0.1) is 22.7 Å². The van der Waals surface area contributed by atoms with Crippen LogP contribution in [-0.2, 0) is 0 Å². The summed E-state index contributed by atoms with van der Waals surface area (Å²) in [6.07, 6.45) is 12.8. The summed E-state index contributed by atoms with van der Waals surface area (Å²) in [6.45, 7) is 10.9. The molecule has 3 nitrogen and oxygen atoms in total. The van der Waals surface area contributed by atoms with Crippen LogP contribution in [-0.4, -0.2) is 44.1 Å². The molecule has 0 radical (unpaired) electrons. The molecule has 4 aliphatic carbocycles. The number of rotatable bonds is 6. The first kappa shape index (κ1) is 23.6. The van der Waals surface area contributed by atoms with E-state index in [1.807, 2.05) is 25.6 Å². The van der Waals surface area contributed by atoms with Crippen LogP contribution < -0.4 is 0 Å².